The minimum Gasteiger partial charge on any atom is -0.390 e. The maximum Gasteiger partial charge on any atom is 0.490 e. The fraction of sp³-hybridized carbons (Fsp3) is 0.154. The lowest BCUT2D eigenvalue weighted by atomic mass is 10.2. The van der Waals surface area contributed by atoms with Gasteiger partial charge in [0.15, 0.2) is 0 Å². The van der Waals surface area contributed by atoms with Crippen LogP contribution in [0.5, 0.6) is 0 Å². The van der Waals surface area contributed by atoms with Gasteiger partial charge in [0.1, 0.15) is 6.54 Å². The lowest BCUT2D eigenvalue weighted by molar-refractivity contribution is -0.394. The molecule has 0 amide bonds. The van der Waals surface area contributed by atoms with Crippen LogP contribution in [0.2, 0.25) is 0 Å². The van der Waals surface area contributed by atoms with E-state index in [2.05, 4.69) is 27.2 Å². The van der Waals surface area contributed by atoms with E-state index in [1.54, 1.807) is 11.3 Å². The summed E-state index contributed by atoms with van der Waals surface area (Å²) < 4.78 is 1.42. The molecular formula is C13H11N5O2S. The zero-order chi connectivity index (χ0) is 14.7. The van der Waals surface area contributed by atoms with Gasteiger partial charge in [-0.2, -0.15) is 4.68 Å². The van der Waals surface area contributed by atoms with Crippen molar-refractivity contribution in [1.29, 1.82) is 0 Å². The van der Waals surface area contributed by atoms with Crippen LogP contribution in [0.1, 0.15) is 16.3 Å². The maximum atomic E-state index is 10.5. The van der Waals surface area contributed by atoms with Crippen LogP contribution < -0.4 is 0 Å². The van der Waals surface area contributed by atoms with Crippen LogP contribution in [0, 0.1) is 10.1 Å². The smallest absolute Gasteiger partial charge is 0.390 e. The first-order valence-electron chi connectivity index (χ1n) is 6.22. The van der Waals surface area contributed by atoms with Crippen LogP contribution >= 0.6 is 11.3 Å². The van der Waals surface area contributed by atoms with E-state index in [0.717, 1.165) is 17.1 Å². The van der Waals surface area contributed by atoms with Crippen LogP contribution in [0.3, 0.4) is 0 Å². The number of nitro groups is 1. The number of rotatable bonds is 5. The molecule has 8 heteroatoms. The molecule has 0 saturated carbocycles. The second-order valence-electron chi connectivity index (χ2n) is 4.39. The number of hydrogen-bond acceptors (Lipinski definition) is 6. The molecule has 0 aliphatic heterocycles. The molecule has 3 rings (SSSR count). The van der Waals surface area contributed by atoms with Crippen LogP contribution in [0.15, 0.2) is 42.0 Å². The van der Waals surface area contributed by atoms with Crippen molar-refractivity contribution < 1.29 is 4.92 Å². The molecule has 7 nitrogen and oxygen atoms in total. The Labute approximate surface area is 124 Å². The van der Waals surface area contributed by atoms with Crippen molar-refractivity contribution in [2.75, 3.05) is 0 Å². The van der Waals surface area contributed by atoms with Gasteiger partial charge in [-0.05, 0) is 10.5 Å². The first kappa shape index (κ1) is 13.4. The summed E-state index contributed by atoms with van der Waals surface area (Å²) in [6.45, 7) is 0.381. The predicted octanol–water partition coefficient (Wildman–Crippen LogP) is 2.28. The Morgan fingerprint density at radius 3 is 2.81 bits per heavy atom. The molecule has 0 aliphatic carbocycles. The van der Waals surface area contributed by atoms with E-state index in [1.165, 1.54) is 16.6 Å². The van der Waals surface area contributed by atoms with Crippen molar-refractivity contribution in [3.8, 4) is 0 Å². The summed E-state index contributed by atoms with van der Waals surface area (Å²) in [5.41, 5.74) is 2.03. The highest BCUT2D eigenvalue weighted by Gasteiger charge is 2.14. The van der Waals surface area contributed by atoms with E-state index in [9.17, 15) is 10.1 Å². The van der Waals surface area contributed by atoms with Crippen LogP contribution in [-0.2, 0) is 13.0 Å². The van der Waals surface area contributed by atoms with E-state index in [4.69, 9.17) is 0 Å². The molecule has 0 spiro atoms. The third-order valence-electron chi connectivity index (χ3n) is 2.81. The average Bonchev–Trinajstić information content (AvgIpc) is 3.10. The molecular weight excluding hydrogens is 290 g/mol. The topological polar surface area (TPSA) is 86.7 Å². The molecule has 106 valence electrons. The van der Waals surface area contributed by atoms with E-state index in [1.807, 2.05) is 23.6 Å². The van der Waals surface area contributed by atoms with Gasteiger partial charge in [0.25, 0.3) is 0 Å². The number of nitrogens with zero attached hydrogens (tertiary/aromatic N) is 5. The monoisotopic (exact) mass is 301 g/mol. The first-order chi connectivity index (χ1) is 10.2. The molecule has 0 saturated heterocycles. The van der Waals surface area contributed by atoms with Crippen molar-refractivity contribution in [3.05, 3.63) is 68.4 Å². The van der Waals surface area contributed by atoms with E-state index in [0.29, 0.717) is 6.54 Å². The average molecular weight is 301 g/mol. The molecule has 0 aliphatic rings. The van der Waals surface area contributed by atoms with Gasteiger partial charge in [0, 0.05) is 16.9 Å². The van der Waals surface area contributed by atoms with Gasteiger partial charge in [0.05, 0.1) is 10.7 Å². The fourth-order valence-corrected chi connectivity index (χ4v) is 2.70. The molecule has 3 aromatic rings. The number of thiazole rings is 1. The quantitative estimate of drug-likeness (QED) is 0.533. The number of hydrogen-bond donors (Lipinski definition) is 0. The number of aromatic nitrogens is 4. The van der Waals surface area contributed by atoms with Gasteiger partial charge in [-0.3, -0.25) is 0 Å². The highest BCUT2D eigenvalue weighted by atomic mass is 32.1. The zero-order valence-electron chi connectivity index (χ0n) is 10.9. The summed E-state index contributed by atoms with van der Waals surface area (Å²) in [5, 5.41) is 17.2. The second kappa shape index (κ2) is 5.80. The van der Waals surface area contributed by atoms with Crippen LogP contribution in [0.25, 0.3) is 0 Å². The molecule has 0 atom stereocenters. The van der Waals surface area contributed by atoms with Crippen molar-refractivity contribution >= 4 is 17.3 Å². The Kier molecular flexibility index (Phi) is 3.69. The van der Waals surface area contributed by atoms with E-state index in [-0.39, 0.29) is 0 Å². The summed E-state index contributed by atoms with van der Waals surface area (Å²) in [7, 11) is 0. The third-order valence-corrected chi connectivity index (χ3v) is 3.71. The lowest BCUT2D eigenvalue weighted by Gasteiger charge is -1.96. The standard InChI is InChI=1S/C13H11N5O2S/c19-18(20)13-14-9-17(16-13)7-11-8-21-12(15-11)6-10-4-2-1-3-5-10/h1-5,8-9H,6-7H2. The van der Waals surface area contributed by atoms with Crippen molar-refractivity contribution in [1.82, 2.24) is 19.7 Å². The normalized spacial score (nSPS) is 10.7. The molecule has 0 N–H and O–H groups in total. The minimum absolute atomic E-state index is 0.381. The highest BCUT2D eigenvalue weighted by Crippen LogP contribution is 2.15. The predicted molar refractivity (Wildman–Crippen MR) is 77.1 cm³/mol. The van der Waals surface area contributed by atoms with Crippen molar-refractivity contribution in [2.24, 2.45) is 0 Å². The second-order valence-corrected chi connectivity index (χ2v) is 5.34. The van der Waals surface area contributed by atoms with Crippen molar-refractivity contribution in [3.63, 3.8) is 0 Å². The Hall–Kier alpha value is -2.61. The van der Waals surface area contributed by atoms with Gasteiger partial charge in [0.2, 0.25) is 6.33 Å². The Bertz CT molecular complexity index is 753. The lowest BCUT2D eigenvalue weighted by Crippen LogP contribution is -2.02. The van der Waals surface area contributed by atoms with Gasteiger partial charge in [-0.1, -0.05) is 35.3 Å². The molecule has 0 bridgehead atoms. The Morgan fingerprint density at radius 1 is 1.29 bits per heavy atom. The molecule has 2 aromatic heterocycles. The Balaban J connectivity index is 1.68. The largest absolute Gasteiger partial charge is 0.490 e. The van der Waals surface area contributed by atoms with Gasteiger partial charge >= 0.3 is 5.95 Å². The summed E-state index contributed by atoms with van der Waals surface area (Å²) >= 11 is 1.57. The van der Waals surface area contributed by atoms with E-state index >= 15 is 0 Å². The van der Waals surface area contributed by atoms with Gasteiger partial charge < -0.3 is 10.1 Å². The molecule has 1 aromatic carbocycles. The summed E-state index contributed by atoms with van der Waals surface area (Å²) in [5.74, 6) is -0.394. The summed E-state index contributed by atoms with van der Waals surface area (Å²) in [6.07, 6.45) is 2.12. The third kappa shape index (κ3) is 3.29. The van der Waals surface area contributed by atoms with Gasteiger partial charge in [-0.15, -0.1) is 11.3 Å². The molecule has 2 heterocycles. The summed E-state index contributed by atoms with van der Waals surface area (Å²) in [4.78, 5) is 18.0. The molecule has 0 radical (unpaired) electrons. The first-order valence-corrected chi connectivity index (χ1v) is 7.10. The number of benzene rings is 1. The Morgan fingerprint density at radius 2 is 2.10 bits per heavy atom. The van der Waals surface area contributed by atoms with Crippen molar-refractivity contribution in [2.45, 2.75) is 13.0 Å². The maximum absolute atomic E-state index is 10.5. The van der Waals surface area contributed by atoms with Crippen LogP contribution in [0.4, 0.5) is 5.95 Å². The molecule has 0 fully saturated rings. The van der Waals surface area contributed by atoms with Crippen LogP contribution in [-0.4, -0.2) is 24.7 Å². The summed E-state index contributed by atoms with van der Waals surface area (Å²) in [6, 6.07) is 10.1. The van der Waals surface area contributed by atoms with E-state index < -0.39 is 10.9 Å². The fourth-order valence-electron chi connectivity index (χ4n) is 1.88. The highest BCUT2D eigenvalue weighted by molar-refractivity contribution is 7.09. The zero-order valence-corrected chi connectivity index (χ0v) is 11.7. The van der Waals surface area contributed by atoms with Gasteiger partial charge in [-0.25, -0.2) is 4.98 Å². The SMILES string of the molecule is O=[N+]([O-])c1ncn(Cc2csc(Cc3ccccc3)n2)n1. The minimum atomic E-state index is -0.613. The molecule has 21 heavy (non-hydrogen) atoms. The molecule has 0 unspecified atom stereocenters.